The van der Waals surface area contributed by atoms with Crippen LogP contribution in [0.3, 0.4) is 0 Å². The number of pyridine rings is 2. The Kier molecular flexibility index (Phi) is 18.8. The Balaban J connectivity index is 0.000000111. The Morgan fingerprint density at radius 1 is 0.163 bits per heavy atom. The molecule has 576 valence electrons. The molecule has 0 aliphatic rings. The molecule has 17 aromatic carbocycles. The Hall–Kier alpha value is -16.6. The number of rotatable bonds is 12. The van der Waals surface area contributed by atoms with Gasteiger partial charge in [0.2, 0.25) is 0 Å². The molecule has 0 aliphatic carbocycles. The van der Waals surface area contributed by atoms with E-state index in [1.54, 1.807) is 0 Å². The molecule has 9 heteroatoms. The Morgan fingerprint density at radius 2 is 0.512 bits per heavy atom. The standard InChI is InChI=1S/C44H28N2O.C38H24N2O.C32H20N2O/c1-2-11-29(12-3-1)32-13-8-14-33(27-32)34-15-9-16-35(28-34)44-43(45-38-19-5-6-20-39(38)46-44)31-25-23-30(24-26-31)36-18-10-22-41-42(36)37-17-4-7-21-40(37)47-41;1-2-9-25(10-3-1)28-11-6-12-29(23-28)38-31-15-8-22-39-34(31)24-33(40-38)27-20-18-26(19-21-27)30-14-7-17-36-37(30)32-13-4-5-16-35(32)41-36;1-3-10-21(11-4-1)31-26-20-23(18-19-27(26)33-32(34-31)22-12-5-2-6-13-22)24-15-9-17-29-30(24)25-14-7-8-16-28(25)35-29/h1-28H;1-24H;1-20H. The monoisotopic (exact) mass is 1570 g/mol. The largest absolute Gasteiger partial charge is 0.456 e. The van der Waals surface area contributed by atoms with Crippen LogP contribution in [0.15, 0.2) is 450 Å². The number of aromatic nitrogens is 6. The van der Waals surface area contributed by atoms with E-state index < -0.39 is 0 Å². The summed E-state index contributed by atoms with van der Waals surface area (Å²) in [6, 6.07) is 149. The number of benzene rings is 17. The summed E-state index contributed by atoms with van der Waals surface area (Å²) >= 11 is 0. The van der Waals surface area contributed by atoms with Crippen LogP contribution in [0.5, 0.6) is 0 Å². The van der Waals surface area contributed by atoms with Crippen molar-refractivity contribution in [1.82, 2.24) is 29.9 Å². The summed E-state index contributed by atoms with van der Waals surface area (Å²) in [7, 11) is 0. The third-order valence-electron chi connectivity index (χ3n) is 23.1. The average Bonchev–Trinajstić information content (AvgIpc) is 1.75. The van der Waals surface area contributed by atoms with Gasteiger partial charge in [0.15, 0.2) is 5.82 Å². The minimum absolute atomic E-state index is 0.729. The van der Waals surface area contributed by atoms with Crippen molar-refractivity contribution in [1.29, 1.82) is 0 Å². The molecule has 9 nitrogen and oxygen atoms in total. The molecule has 0 aliphatic heterocycles. The van der Waals surface area contributed by atoms with Gasteiger partial charge in [-0.05, 0) is 164 Å². The van der Waals surface area contributed by atoms with Crippen molar-refractivity contribution in [2.75, 3.05) is 0 Å². The SMILES string of the molecule is c1ccc(-c2cccc(-c3cccc(-c4nc5ccccc5nc4-c4ccc(-c5cccc6oc7ccccc7c56)cc4)c3)c2)cc1.c1ccc(-c2cccc(-c3nc(-c4ccc(-c5cccc6oc7ccccc7c56)cc4)cc4ncccc34)c2)cc1.c1ccc(-c2nc(-c3ccccc3)c3cc(-c4cccc5oc6ccccc6c45)ccc3n2)cc1. The molecular weight excluding hydrogens is 1500 g/mol. The lowest BCUT2D eigenvalue weighted by molar-refractivity contribution is 0.668. The number of hydrogen-bond acceptors (Lipinski definition) is 9. The highest BCUT2D eigenvalue weighted by Crippen LogP contribution is 2.44. The minimum Gasteiger partial charge on any atom is -0.456 e. The number of nitrogens with zero attached hydrogens (tertiary/aromatic N) is 6. The molecule has 0 amide bonds. The zero-order valence-corrected chi connectivity index (χ0v) is 66.5. The van der Waals surface area contributed by atoms with Gasteiger partial charge >= 0.3 is 0 Å². The second-order valence-electron chi connectivity index (χ2n) is 30.7. The molecule has 0 saturated carbocycles. The highest BCUT2D eigenvalue weighted by molar-refractivity contribution is 6.15. The van der Waals surface area contributed by atoms with E-state index in [1.165, 1.54) is 16.7 Å². The summed E-state index contributed by atoms with van der Waals surface area (Å²) in [5, 5.41) is 8.85. The molecule has 24 aromatic rings. The maximum absolute atomic E-state index is 6.17. The van der Waals surface area contributed by atoms with Crippen LogP contribution in [0.25, 0.3) is 233 Å². The second kappa shape index (κ2) is 31.7. The molecular formula is C114H72N6O3. The maximum atomic E-state index is 6.17. The fourth-order valence-electron chi connectivity index (χ4n) is 17.2. The molecule has 0 unspecified atom stereocenters. The molecule has 0 radical (unpaired) electrons. The van der Waals surface area contributed by atoms with Crippen molar-refractivity contribution in [3.8, 4) is 134 Å². The first-order valence-corrected chi connectivity index (χ1v) is 41.3. The molecule has 0 bridgehead atoms. The first-order valence-electron chi connectivity index (χ1n) is 41.3. The molecule has 7 heterocycles. The van der Waals surface area contributed by atoms with E-state index in [0.717, 1.165) is 216 Å². The van der Waals surface area contributed by atoms with Gasteiger partial charge < -0.3 is 13.3 Å². The van der Waals surface area contributed by atoms with E-state index in [0.29, 0.717) is 0 Å². The van der Waals surface area contributed by atoms with Crippen molar-refractivity contribution < 1.29 is 13.3 Å². The van der Waals surface area contributed by atoms with Gasteiger partial charge in [-0.3, -0.25) is 4.98 Å². The lowest BCUT2D eigenvalue weighted by Crippen LogP contribution is -1.96. The van der Waals surface area contributed by atoms with Gasteiger partial charge in [-0.1, -0.05) is 334 Å². The third kappa shape index (κ3) is 14.0. The molecule has 7 aromatic heterocycles. The van der Waals surface area contributed by atoms with Gasteiger partial charge in [0.25, 0.3) is 0 Å². The molecule has 0 saturated heterocycles. The molecule has 123 heavy (non-hydrogen) atoms. The van der Waals surface area contributed by atoms with Gasteiger partial charge in [-0.25, -0.2) is 24.9 Å². The Bertz CT molecular complexity index is 8110. The zero-order chi connectivity index (χ0) is 81.5. The van der Waals surface area contributed by atoms with Crippen molar-refractivity contribution in [3.63, 3.8) is 0 Å². The van der Waals surface area contributed by atoms with Crippen LogP contribution in [0, 0.1) is 0 Å². The summed E-state index contributed by atoms with van der Waals surface area (Å²) in [5.74, 6) is 0.729. The quantitative estimate of drug-likeness (QED) is 0.118. The summed E-state index contributed by atoms with van der Waals surface area (Å²) in [5.41, 5.74) is 33.6. The molecule has 0 spiro atoms. The average molecular weight is 1570 g/mol. The van der Waals surface area contributed by atoms with Gasteiger partial charge in [-0.15, -0.1) is 0 Å². The predicted octanol–water partition coefficient (Wildman–Crippen LogP) is 30.6. The van der Waals surface area contributed by atoms with E-state index >= 15 is 0 Å². The molecule has 24 rings (SSSR count). The Labute approximate surface area is 708 Å². The van der Waals surface area contributed by atoms with Crippen molar-refractivity contribution in [2.24, 2.45) is 0 Å². The lowest BCUT2D eigenvalue weighted by atomic mass is 9.95. The number of para-hydroxylation sites is 5. The lowest BCUT2D eigenvalue weighted by Gasteiger charge is -2.13. The number of fused-ring (bicyclic) bond motifs is 12. The number of hydrogen-bond donors (Lipinski definition) is 0. The summed E-state index contributed by atoms with van der Waals surface area (Å²) in [6.45, 7) is 0. The zero-order valence-electron chi connectivity index (χ0n) is 66.5. The van der Waals surface area contributed by atoms with E-state index in [1.807, 2.05) is 140 Å². The van der Waals surface area contributed by atoms with Crippen LogP contribution < -0.4 is 0 Å². The summed E-state index contributed by atoms with van der Waals surface area (Å²) < 4.78 is 18.4. The molecule has 0 fully saturated rings. The normalized spacial score (nSPS) is 11.4. The van der Waals surface area contributed by atoms with Gasteiger partial charge in [0, 0.05) is 82.7 Å². The van der Waals surface area contributed by atoms with Gasteiger partial charge in [0.05, 0.1) is 50.5 Å². The second-order valence-corrected chi connectivity index (χ2v) is 30.7. The maximum Gasteiger partial charge on any atom is 0.160 e. The first kappa shape index (κ1) is 72.8. The van der Waals surface area contributed by atoms with E-state index in [-0.39, 0.29) is 0 Å². The number of furan rings is 3. The predicted molar refractivity (Wildman–Crippen MR) is 506 cm³/mol. The van der Waals surface area contributed by atoms with E-state index in [9.17, 15) is 0 Å². The fourth-order valence-corrected chi connectivity index (χ4v) is 17.2. The van der Waals surface area contributed by atoms with Crippen LogP contribution in [0.4, 0.5) is 0 Å². The fraction of sp³-hybridized carbons (Fsp3) is 0. The highest BCUT2D eigenvalue weighted by Gasteiger charge is 2.22. The summed E-state index contributed by atoms with van der Waals surface area (Å²) in [6.07, 6.45) is 1.84. The van der Waals surface area contributed by atoms with Crippen LogP contribution in [-0.4, -0.2) is 29.9 Å². The first-order chi connectivity index (χ1) is 60.9. The smallest absolute Gasteiger partial charge is 0.160 e. The van der Waals surface area contributed by atoms with Crippen LogP contribution in [0.2, 0.25) is 0 Å². The van der Waals surface area contributed by atoms with Crippen molar-refractivity contribution in [3.05, 3.63) is 437 Å². The third-order valence-corrected chi connectivity index (χ3v) is 23.1. The molecule has 0 atom stereocenters. The van der Waals surface area contributed by atoms with E-state index in [4.69, 9.17) is 43.2 Å². The van der Waals surface area contributed by atoms with Crippen molar-refractivity contribution >= 4 is 98.7 Å². The topological polar surface area (TPSA) is 117 Å². The Morgan fingerprint density at radius 3 is 1.02 bits per heavy atom. The summed E-state index contributed by atoms with van der Waals surface area (Å²) in [4.78, 5) is 30.3. The van der Waals surface area contributed by atoms with Gasteiger partial charge in [-0.2, -0.15) is 0 Å². The van der Waals surface area contributed by atoms with Crippen LogP contribution in [-0.2, 0) is 0 Å². The van der Waals surface area contributed by atoms with Crippen LogP contribution in [0.1, 0.15) is 0 Å². The van der Waals surface area contributed by atoms with Crippen molar-refractivity contribution in [2.45, 2.75) is 0 Å². The minimum atomic E-state index is 0.729. The molecule has 0 N–H and O–H groups in total. The van der Waals surface area contributed by atoms with Crippen LogP contribution >= 0.6 is 0 Å². The van der Waals surface area contributed by atoms with Gasteiger partial charge in [0.1, 0.15) is 33.5 Å². The van der Waals surface area contributed by atoms with E-state index in [2.05, 4.69) is 297 Å². The highest BCUT2D eigenvalue weighted by atomic mass is 16.3.